The highest BCUT2D eigenvalue weighted by Crippen LogP contribution is 2.36. The summed E-state index contributed by atoms with van der Waals surface area (Å²) < 4.78 is 0. The molecule has 0 radical (unpaired) electrons. The van der Waals surface area contributed by atoms with E-state index in [1.807, 2.05) is 6.08 Å². The summed E-state index contributed by atoms with van der Waals surface area (Å²) in [6.45, 7) is 2.16. The van der Waals surface area contributed by atoms with E-state index >= 15 is 0 Å². The van der Waals surface area contributed by atoms with E-state index in [0.717, 1.165) is 64.2 Å². The molecule has 1 fully saturated rings. The molecule has 0 amide bonds. The Kier molecular flexibility index (Phi) is 10.2. The van der Waals surface area contributed by atoms with E-state index in [4.69, 9.17) is 5.11 Å². The summed E-state index contributed by atoms with van der Waals surface area (Å²) in [4.78, 5) is 10.5. The second-order valence-corrected chi connectivity index (χ2v) is 6.91. The molecule has 0 aromatic rings. The van der Waals surface area contributed by atoms with E-state index in [2.05, 4.69) is 13.0 Å². The first kappa shape index (κ1) is 20.2. The first-order valence-corrected chi connectivity index (χ1v) is 9.30. The first-order chi connectivity index (χ1) is 11.0. The van der Waals surface area contributed by atoms with Crippen LogP contribution < -0.4 is 0 Å². The van der Waals surface area contributed by atoms with Gasteiger partial charge in [-0.25, -0.2) is 0 Å². The molecule has 23 heavy (non-hydrogen) atoms. The highest BCUT2D eigenvalue weighted by atomic mass is 16.4. The maximum Gasteiger partial charge on any atom is 0.303 e. The Hall–Kier alpha value is -0.870. The molecular weight excluding hydrogens is 292 g/mol. The fourth-order valence-corrected chi connectivity index (χ4v) is 3.53. The van der Waals surface area contributed by atoms with Gasteiger partial charge in [0, 0.05) is 6.42 Å². The zero-order valence-corrected chi connectivity index (χ0v) is 14.5. The topological polar surface area (TPSA) is 77.8 Å². The third-order valence-electron chi connectivity index (χ3n) is 4.95. The highest BCUT2D eigenvalue weighted by molar-refractivity contribution is 5.66. The van der Waals surface area contributed by atoms with Crippen molar-refractivity contribution in [1.82, 2.24) is 0 Å². The molecular formula is C19H34O4. The molecule has 4 nitrogen and oxygen atoms in total. The van der Waals surface area contributed by atoms with Crippen LogP contribution in [0.3, 0.4) is 0 Å². The lowest BCUT2D eigenvalue weighted by Crippen LogP contribution is -2.18. The summed E-state index contributed by atoms with van der Waals surface area (Å²) in [6.07, 6.45) is 13.2. The molecule has 1 aliphatic rings. The van der Waals surface area contributed by atoms with Gasteiger partial charge in [-0.15, -0.1) is 0 Å². The van der Waals surface area contributed by atoms with E-state index < -0.39 is 5.97 Å². The summed E-state index contributed by atoms with van der Waals surface area (Å²) in [5.74, 6) is -0.118. The van der Waals surface area contributed by atoms with E-state index in [9.17, 15) is 15.0 Å². The Morgan fingerprint density at radius 2 is 1.96 bits per heavy atom. The van der Waals surface area contributed by atoms with Crippen LogP contribution in [-0.2, 0) is 4.79 Å². The van der Waals surface area contributed by atoms with Gasteiger partial charge in [-0.2, -0.15) is 0 Å². The molecule has 1 saturated carbocycles. The lowest BCUT2D eigenvalue weighted by molar-refractivity contribution is -0.137. The maximum absolute atomic E-state index is 10.5. The summed E-state index contributed by atoms with van der Waals surface area (Å²) in [7, 11) is 0. The van der Waals surface area contributed by atoms with Crippen LogP contribution in [-0.4, -0.2) is 33.5 Å². The van der Waals surface area contributed by atoms with Crippen LogP contribution >= 0.6 is 0 Å². The van der Waals surface area contributed by atoms with Crippen LogP contribution in [0.2, 0.25) is 0 Å². The summed E-state index contributed by atoms with van der Waals surface area (Å²) >= 11 is 0. The molecule has 4 atom stereocenters. The highest BCUT2D eigenvalue weighted by Gasteiger charge is 2.32. The average Bonchev–Trinajstić information content (AvgIpc) is 2.85. The fourth-order valence-electron chi connectivity index (χ4n) is 3.53. The third kappa shape index (κ3) is 8.52. The van der Waals surface area contributed by atoms with Gasteiger partial charge < -0.3 is 15.3 Å². The van der Waals surface area contributed by atoms with Crippen LogP contribution in [0.4, 0.5) is 0 Å². The van der Waals surface area contributed by atoms with Crippen molar-refractivity contribution >= 4 is 5.97 Å². The number of aliphatic carboxylic acids is 1. The van der Waals surface area contributed by atoms with Gasteiger partial charge >= 0.3 is 5.97 Å². The largest absolute Gasteiger partial charge is 0.481 e. The van der Waals surface area contributed by atoms with Crippen LogP contribution in [0.25, 0.3) is 0 Å². The molecule has 0 spiro atoms. The number of carboxylic acids is 1. The van der Waals surface area contributed by atoms with Crippen molar-refractivity contribution in [2.45, 2.75) is 89.8 Å². The Balaban J connectivity index is 2.31. The predicted molar refractivity (Wildman–Crippen MR) is 92.2 cm³/mol. The summed E-state index contributed by atoms with van der Waals surface area (Å²) in [5.41, 5.74) is 0. The number of hydrogen-bond donors (Lipinski definition) is 3. The number of hydrogen-bond acceptors (Lipinski definition) is 3. The number of aliphatic hydroxyl groups is 2. The molecule has 0 aromatic heterocycles. The first-order valence-electron chi connectivity index (χ1n) is 9.30. The van der Waals surface area contributed by atoms with Crippen molar-refractivity contribution in [2.24, 2.45) is 11.8 Å². The number of aliphatic hydroxyl groups excluding tert-OH is 2. The number of rotatable bonds is 12. The van der Waals surface area contributed by atoms with E-state index in [0.29, 0.717) is 5.92 Å². The van der Waals surface area contributed by atoms with Crippen molar-refractivity contribution in [3.63, 3.8) is 0 Å². The predicted octanol–water partition coefficient (Wildman–Crippen LogP) is 3.91. The minimum atomic E-state index is -0.733. The van der Waals surface area contributed by atoms with Crippen LogP contribution in [0.1, 0.15) is 77.6 Å². The van der Waals surface area contributed by atoms with E-state index in [1.54, 1.807) is 0 Å². The molecule has 0 saturated heterocycles. The second kappa shape index (κ2) is 11.6. The number of allylic oxidation sites excluding steroid dienone is 1. The van der Waals surface area contributed by atoms with Gasteiger partial charge in [0.25, 0.3) is 0 Å². The quantitative estimate of drug-likeness (QED) is 0.375. The smallest absolute Gasteiger partial charge is 0.303 e. The van der Waals surface area contributed by atoms with Crippen molar-refractivity contribution in [2.75, 3.05) is 0 Å². The molecule has 4 heteroatoms. The SMILES string of the molecule is CCCCCC(O)C=CC1CCC(O)C1CCCCCC(=O)O. The van der Waals surface area contributed by atoms with Gasteiger partial charge in [-0.05, 0) is 43.9 Å². The molecule has 0 heterocycles. The van der Waals surface area contributed by atoms with Gasteiger partial charge in [0.2, 0.25) is 0 Å². The molecule has 0 aromatic carbocycles. The van der Waals surface area contributed by atoms with Gasteiger partial charge in [0.1, 0.15) is 0 Å². The summed E-state index contributed by atoms with van der Waals surface area (Å²) in [5, 5.41) is 28.8. The molecule has 0 bridgehead atoms. The van der Waals surface area contributed by atoms with E-state index in [-0.39, 0.29) is 24.5 Å². The monoisotopic (exact) mass is 326 g/mol. The van der Waals surface area contributed by atoms with Gasteiger partial charge in [-0.3, -0.25) is 4.79 Å². The van der Waals surface area contributed by atoms with Gasteiger partial charge in [-0.1, -0.05) is 51.2 Å². The Morgan fingerprint density at radius 3 is 2.65 bits per heavy atom. The minimum Gasteiger partial charge on any atom is -0.481 e. The second-order valence-electron chi connectivity index (χ2n) is 6.91. The molecule has 1 aliphatic carbocycles. The molecule has 4 unspecified atom stereocenters. The van der Waals surface area contributed by atoms with Crippen LogP contribution in [0.5, 0.6) is 0 Å². The van der Waals surface area contributed by atoms with Crippen LogP contribution in [0.15, 0.2) is 12.2 Å². The average molecular weight is 326 g/mol. The van der Waals surface area contributed by atoms with Gasteiger partial charge in [0.05, 0.1) is 12.2 Å². The Morgan fingerprint density at radius 1 is 1.17 bits per heavy atom. The normalized spacial score (nSPS) is 26.0. The number of carbonyl (C=O) groups is 1. The van der Waals surface area contributed by atoms with Crippen molar-refractivity contribution in [3.05, 3.63) is 12.2 Å². The minimum absolute atomic E-state index is 0.237. The standard InChI is InChI=1S/C19H34O4/c1-2-3-5-8-16(20)13-11-15-12-14-18(21)17(15)9-6-4-7-10-19(22)23/h11,13,15-18,20-21H,2-10,12,14H2,1H3,(H,22,23). The van der Waals surface area contributed by atoms with Crippen molar-refractivity contribution in [3.8, 4) is 0 Å². The van der Waals surface area contributed by atoms with Crippen LogP contribution in [0, 0.1) is 11.8 Å². The fraction of sp³-hybridized carbons (Fsp3) is 0.842. The molecule has 0 aliphatic heterocycles. The lowest BCUT2D eigenvalue weighted by Gasteiger charge is -2.20. The number of unbranched alkanes of at least 4 members (excludes halogenated alkanes) is 4. The van der Waals surface area contributed by atoms with Crippen molar-refractivity contribution in [1.29, 1.82) is 0 Å². The van der Waals surface area contributed by atoms with Gasteiger partial charge in [0.15, 0.2) is 0 Å². The Labute approximate surface area is 140 Å². The maximum atomic E-state index is 10.5. The molecule has 3 N–H and O–H groups in total. The summed E-state index contributed by atoms with van der Waals surface area (Å²) in [6, 6.07) is 0. The zero-order chi connectivity index (χ0) is 17.1. The Bertz CT molecular complexity index is 353. The lowest BCUT2D eigenvalue weighted by atomic mass is 9.88. The van der Waals surface area contributed by atoms with Crippen molar-refractivity contribution < 1.29 is 20.1 Å². The zero-order valence-electron chi connectivity index (χ0n) is 14.5. The number of carboxylic acid groups (broad SMARTS) is 1. The molecule has 134 valence electrons. The molecule has 1 rings (SSSR count). The van der Waals surface area contributed by atoms with E-state index in [1.165, 1.54) is 0 Å². The third-order valence-corrected chi connectivity index (χ3v) is 4.95.